The molecule has 0 spiro atoms. The van der Waals surface area contributed by atoms with Crippen molar-refractivity contribution in [2.75, 3.05) is 18.4 Å². The Morgan fingerprint density at radius 1 is 1.42 bits per heavy atom. The number of aromatic nitrogens is 4. The summed E-state index contributed by atoms with van der Waals surface area (Å²) in [6.45, 7) is 0.867. The first-order valence-corrected chi connectivity index (χ1v) is 7.49. The number of amides is 2. The number of imidazole rings is 1. The number of hydrogen-bond acceptors (Lipinski definition) is 3. The SMILES string of the molecule is Cn1cc(NC(=O)N2CCC[C@H](c3ncc(C(F)(F)F)[nH]3)C2)cn1. The van der Waals surface area contributed by atoms with Gasteiger partial charge in [-0.3, -0.25) is 4.68 Å². The van der Waals surface area contributed by atoms with Gasteiger partial charge in [-0.2, -0.15) is 18.3 Å². The molecular formula is C14H17F3N6O. The topological polar surface area (TPSA) is 78.8 Å². The number of aryl methyl sites for hydroxylation is 1. The molecule has 0 radical (unpaired) electrons. The minimum atomic E-state index is -4.45. The highest BCUT2D eigenvalue weighted by atomic mass is 19.4. The van der Waals surface area contributed by atoms with Gasteiger partial charge in [0.05, 0.1) is 18.1 Å². The highest BCUT2D eigenvalue weighted by molar-refractivity contribution is 5.89. The molecule has 2 N–H and O–H groups in total. The molecule has 2 amide bonds. The van der Waals surface area contributed by atoms with Crippen LogP contribution in [0.5, 0.6) is 0 Å². The second-order valence-electron chi connectivity index (χ2n) is 5.80. The Bertz CT molecular complexity index is 722. The summed E-state index contributed by atoms with van der Waals surface area (Å²) >= 11 is 0. The molecule has 0 saturated carbocycles. The van der Waals surface area contributed by atoms with Gasteiger partial charge >= 0.3 is 12.2 Å². The molecule has 7 nitrogen and oxygen atoms in total. The van der Waals surface area contributed by atoms with Crippen LogP contribution < -0.4 is 5.32 Å². The van der Waals surface area contributed by atoms with E-state index in [1.54, 1.807) is 22.8 Å². The minimum absolute atomic E-state index is 0.241. The zero-order valence-corrected chi connectivity index (χ0v) is 13.0. The maximum Gasteiger partial charge on any atom is 0.432 e. The number of anilines is 1. The number of alkyl halides is 3. The van der Waals surface area contributed by atoms with Gasteiger partial charge in [0.15, 0.2) is 0 Å². The van der Waals surface area contributed by atoms with E-state index in [1.807, 2.05) is 0 Å². The van der Waals surface area contributed by atoms with Crippen LogP contribution in [0.4, 0.5) is 23.7 Å². The number of H-pyrrole nitrogens is 1. The molecule has 10 heteroatoms. The highest BCUT2D eigenvalue weighted by Gasteiger charge is 2.34. The number of urea groups is 1. The summed E-state index contributed by atoms with van der Waals surface area (Å²) in [7, 11) is 1.74. The van der Waals surface area contributed by atoms with E-state index in [9.17, 15) is 18.0 Å². The fraction of sp³-hybridized carbons (Fsp3) is 0.500. The zero-order valence-electron chi connectivity index (χ0n) is 13.0. The molecule has 2 aromatic rings. The van der Waals surface area contributed by atoms with Gasteiger partial charge in [0, 0.05) is 32.3 Å². The number of halogens is 3. The Morgan fingerprint density at radius 3 is 2.83 bits per heavy atom. The van der Waals surface area contributed by atoms with Crippen molar-refractivity contribution in [3.63, 3.8) is 0 Å². The molecule has 3 heterocycles. The van der Waals surface area contributed by atoms with Gasteiger partial charge < -0.3 is 15.2 Å². The highest BCUT2D eigenvalue weighted by Crippen LogP contribution is 2.31. The number of carbonyl (C=O) groups excluding carboxylic acids is 1. The number of carbonyl (C=O) groups is 1. The predicted octanol–water partition coefficient (Wildman–Crippen LogP) is 2.57. The van der Waals surface area contributed by atoms with Crippen LogP contribution >= 0.6 is 0 Å². The lowest BCUT2D eigenvalue weighted by Crippen LogP contribution is -2.41. The fourth-order valence-electron chi connectivity index (χ4n) is 2.76. The lowest BCUT2D eigenvalue weighted by atomic mass is 9.97. The standard InChI is InChI=1S/C14H17F3N6O/c1-22-8-10(5-19-22)20-13(24)23-4-2-3-9(7-23)12-18-6-11(21-12)14(15,16)17/h5-6,8-9H,2-4,7H2,1H3,(H,18,21)(H,20,24)/t9-/m0/s1. The normalized spacial score (nSPS) is 18.7. The first kappa shape index (κ1) is 16.3. The summed E-state index contributed by atoms with van der Waals surface area (Å²) in [4.78, 5) is 20.0. The van der Waals surface area contributed by atoms with Crippen LogP contribution in [0.15, 0.2) is 18.6 Å². The molecule has 1 aliphatic rings. The van der Waals surface area contributed by atoms with Gasteiger partial charge in [-0.15, -0.1) is 0 Å². The van der Waals surface area contributed by atoms with Gasteiger partial charge in [0.1, 0.15) is 11.5 Å². The van der Waals surface area contributed by atoms with Crippen LogP contribution in [0, 0.1) is 0 Å². The second-order valence-corrected chi connectivity index (χ2v) is 5.80. The third-order valence-corrected chi connectivity index (χ3v) is 3.95. The molecule has 1 aliphatic heterocycles. The quantitative estimate of drug-likeness (QED) is 0.880. The Kier molecular flexibility index (Phi) is 4.20. The molecule has 1 saturated heterocycles. The average Bonchev–Trinajstić information content (AvgIpc) is 3.16. The lowest BCUT2D eigenvalue weighted by Gasteiger charge is -2.31. The summed E-state index contributed by atoms with van der Waals surface area (Å²) in [6, 6.07) is -0.296. The van der Waals surface area contributed by atoms with Crippen LogP contribution in [-0.4, -0.2) is 43.8 Å². The van der Waals surface area contributed by atoms with E-state index in [0.29, 0.717) is 31.6 Å². The van der Waals surface area contributed by atoms with Crippen molar-refractivity contribution in [3.05, 3.63) is 30.1 Å². The van der Waals surface area contributed by atoms with Crippen molar-refractivity contribution < 1.29 is 18.0 Å². The number of nitrogens with one attached hydrogen (secondary N) is 2. The van der Waals surface area contributed by atoms with Crippen molar-refractivity contribution in [1.82, 2.24) is 24.6 Å². The van der Waals surface area contributed by atoms with Gasteiger partial charge in [-0.1, -0.05) is 0 Å². The molecule has 0 aliphatic carbocycles. The second kappa shape index (κ2) is 6.17. The predicted molar refractivity (Wildman–Crippen MR) is 79.4 cm³/mol. The number of piperidine rings is 1. The summed E-state index contributed by atoms with van der Waals surface area (Å²) in [5.74, 6) is 0.0238. The third-order valence-electron chi connectivity index (χ3n) is 3.95. The molecule has 24 heavy (non-hydrogen) atoms. The van der Waals surface area contributed by atoms with Crippen molar-refractivity contribution in [3.8, 4) is 0 Å². The van der Waals surface area contributed by atoms with Crippen molar-refractivity contribution in [1.29, 1.82) is 0 Å². The molecule has 0 bridgehead atoms. The van der Waals surface area contributed by atoms with Crippen molar-refractivity contribution >= 4 is 11.7 Å². The third kappa shape index (κ3) is 3.52. The molecule has 0 aromatic carbocycles. The van der Waals surface area contributed by atoms with E-state index in [1.165, 1.54) is 6.20 Å². The Balaban J connectivity index is 1.65. The zero-order chi connectivity index (χ0) is 17.3. The first-order valence-electron chi connectivity index (χ1n) is 7.49. The van der Waals surface area contributed by atoms with Crippen molar-refractivity contribution in [2.24, 2.45) is 7.05 Å². The van der Waals surface area contributed by atoms with E-state index < -0.39 is 11.9 Å². The summed E-state index contributed by atoms with van der Waals surface area (Å²) in [6.07, 6.45) is 0.929. The van der Waals surface area contributed by atoms with E-state index in [4.69, 9.17) is 0 Å². The van der Waals surface area contributed by atoms with Gasteiger partial charge in [0.2, 0.25) is 0 Å². The Labute approximate surface area is 135 Å². The van der Waals surface area contributed by atoms with E-state index in [0.717, 1.165) is 6.20 Å². The van der Waals surface area contributed by atoms with Crippen LogP contribution in [0.25, 0.3) is 0 Å². The average molecular weight is 342 g/mol. The van der Waals surface area contributed by atoms with E-state index >= 15 is 0 Å². The molecule has 1 fully saturated rings. The number of rotatable bonds is 2. The van der Waals surface area contributed by atoms with E-state index in [-0.39, 0.29) is 17.8 Å². The van der Waals surface area contributed by atoms with Gasteiger partial charge in [0.25, 0.3) is 0 Å². The van der Waals surface area contributed by atoms with Crippen LogP contribution in [0.2, 0.25) is 0 Å². The number of hydrogen-bond donors (Lipinski definition) is 2. The smallest absolute Gasteiger partial charge is 0.338 e. The monoisotopic (exact) mass is 342 g/mol. The molecular weight excluding hydrogens is 325 g/mol. The van der Waals surface area contributed by atoms with Crippen LogP contribution in [-0.2, 0) is 13.2 Å². The van der Waals surface area contributed by atoms with E-state index in [2.05, 4.69) is 20.4 Å². The summed E-state index contributed by atoms with van der Waals surface area (Å²) in [5, 5.41) is 6.69. The fourth-order valence-corrected chi connectivity index (χ4v) is 2.76. The molecule has 0 unspecified atom stereocenters. The Hall–Kier alpha value is -2.52. The Morgan fingerprint density at radius 2 is 2.21 bits per heavy atom. The molecule has 130 valence electrons. The molecule has 2 aromatic heterocycles. The van der Waals surface area contributed by atoms with Crippen LogP contribution in [0.1, 0.15) is 30.3 Å². The minimum Gasteiger partial charge on any atom is -0.338 e. The molecule has 1 atom stereocenters. The molecule has 3 rings (SSSR count). The number of aromatic amines is 1. The van der Waals surface area contributed by atoms with Crippen molar-refractivity contribution in [2.45, 2.75) is 24.9 Å². The maximum absolute atomic E-state index is 12.7. The summed E-state index contributed by atoms with van der Waals surface area (Å²) in [5.41, 5.74) is -0.295. The van der Waals surface area contributed by atoms with Gasteiger partial charge in [-0.25, -0.2) is 9.78 Å². The largest absolute Gasteiger partial charge is 0.432 e. The van der Waals surface area contributed by atoms with Gasteiger partial charge in [-0.05, 0) is 12.8 Å². The maximum atomic E-state index is 12.7. The summed E-state index contributed by atoms with van der Waals surface area (Å²) < 4.78 is 39.6. The number of nitrogens with zero attached hydrogens (tertiary/aromatic N) is 4. The first-order chi connectivity index (χ1) is 11.3. The lowest BCUT2D eigenvalue weighted by molar-refractivity contribution is -0.141. The number of likely N-dealkylation sites (tertiary alicyclic amines) is 1. The van der Waals surface area contributed by atoms with Crippen LogP contribution in [0.3, 0.4) is 0 Å².